The second kappa shape index (κ2) is 3.65. The Morgan fingerprint density at radius 1 is 1.11 bits per heavy atom. The zero-order valence-corrected chi connectivity index (χ0v) is 9.98. The van der Waals surface area contributed by atoms with Crippen LogP contribution in [0.4, 0.5) is 0 Å². The summed E-state index contributed by atoms with van der Waals surface area (Å²) in [5, 5.41) is 12.5. The number of carboxylic acid groups (broad SMARTS) is 1. The predicted octanol–water partition coefficient (Wildman–Crippen LogP) is 1.73. The van der Waals surface area contributed by atoms with Crippen molar-refractivity contribution in [1.82, 2.24) is 5.32 Å². The lowest BCUT2D eigenvalue weighted by atomic mass is 9.95. The Kier molecular flexibility index (Phi) is 2.19. The van der Waals surface area contributed by atoms with E-state index in [-0.39, 0.29) is 11.1 Å². The molecule has 1 aliphatic rings. The highest BCUT2D eigenvalue weighted by Gasteiger charge is 2.30. The zero-order chi connectivity index (χ0) is 13.7. The molecule has 0 atom stereocenters. The third-order valence-electron chi connectivity index (χ3n) is 3.27. The first kappa shape index (κ1) is 11.4. The number of carboxylic acids is 1. The van der Waals surface area contributed by atoms with Crippen LogP contribution in [0.25, 0.3) is 10.8 Å². The third kappa shape index (κ3) is 1.52. The molecule has 0 unspecified atom stereocenters. The monoisotopic (exact) mass is 255 g/mol. The van der Waals surface area contributed by atoms with E-state index in [9.17, 15) is 14.4 Å². The normalized spacial score (nSPS) is 13.5. The molecule has 0 aromatic heterocycles. The Balaban J connectivity index is 2.45. The van der Waals surface area contributed by atoms with Crippen LogP contribution in [0.2, 0.25) is 0 Å². The van der Waals surface area contributed by atoms with Gasteiger partial charge in [-0.1, -0.05) is 12.1 Å². The molecule has 1 heterocycles. The van der Waals surface area contributed by atoms with Crippen molar-refractivity contribution in [3.05, 3.63) is 46.5 Å². The van der Waals surface area contributed by atoms with E-state index in [0.29, 0.717) is 16.5 Å². The number of hydrogen-bond acceptors (Lipinski definition) is 3. The molecule has 5 heteroatoms. The highest BCUT2D eigenvalue weighted by atomic mass is 16.4. The molecule has 0 bridgehead atoms. The van der Waals surface area contributed by atoms with Gasteiger partial charge in [-0.15, -0.1) is 0 Å². The van der Waals surface area contributed by atoms with E-state index in [4.69, 9.17) is 5.11 Å². The van der Waals surface area contributed by atoms with E-state index in [2.05, 4.69) is 5.32 Å². The summed E-state index contributed by atoms with van der Waals surface area (Å²) in [5.41, 5.74) is 1.39. The summed E-state index contributed by atoms with van der Waals surface area (Å²) < 4.78 is 0. The molecule has 2 aromatic carbocycles. The average molecular weight is 255 g/mol. The number of rotatable bonds is 1. The van der Waals surface area contributed by atoms with Crippen LogP contribution in [0.5, 0.6) is 0 Å². The van der Waals surface area contributed by atoms with Gasteiger partial charge in [-0.2, -0.15) is 0 Å². The summed E-state index contributed by atoms with van der Waals surface area (Å²) in [6.07, 6.45) is 0. The summed E-state index contributed by atoms with van der Waals surface area (Å²) in [6.45, 7) is 1.75. The lowest BCUT2D eigenvalue weighted by molar-refractivity contribution is 0.0696. The van der Waals surface area contributed by atoms with Crippen molar-refractivity contribution in [3.63, 3.8) is 0 Å². The van der Waals surface area contributed by atoms with Gasteiger partial charge in [-0.25, -0.2) is 4.79 Å². The van der Waals surface area contributed by atoms with Gasteiger partial charge in [-0.3, -0.25) is 14.9 Å². The molecule has 0 aliphatic carbocycles. The molecule has 94 valence electrons. The van der Waals surface area contributed by atoms with Crippen LogP contribution in [-0.4, -0.2) is 22.9 Å². The van der Waals surface area contributed by atoms with Crippen LogP contribution in [0.15, 0.2) is 24.3 Å². The number of nitrogens with one attached hydrogen (secondary N) is 1. The maximum absolute atomic E-state index is 11.8. The molecular formula is C14H9NO4. The van der Waals surface area contributed by atoms with Gasteiger partial charge >= 0.3 is 5.97 Å². The van der Waals surface area contributed by atoms with Gasteiger partial charge in [0.2, 0.25) is 0 Å². The summed E-state index contributed by atoms with van der Waals surface area (Å²) in [5.74, 6) is -1.97. The quantitative estimate of drug-likeness (QED) is 0.760. The minimum Gasteiger partial charge on any atom is -0.478 e. The fourth-order valence-corrected chi connectivity index (χ4v) is 2.43. The van der Waals surface area contributed by atoms with Gasteiger partial charge in [0, 0.05) is 0 Å². The standard InChI is InChI=1S/C14H9NO4/c1-6-4-7-2-3-8(14(18)19)5-9(7)11-10(6)12(16)15-13(11)17/h2-5H,1H3,(H,18,19)(H,15,16,17). The number of fused-ring (bicyclic) bond motifs is 3. The van der Waals surface area contributed by atoms with Crippen LogP contribution in [0.3, 0.4) is 0 Å². The summed E-state index contributed by atoms with van der Waals surface area (Å²) >= 11 is 0. The number of amides is 2. The molecule has 2 N–H and O–H groups in total. The second-order valence-corrected chi connectivity index (χ2v) is 4.47. The fourth-order valence-electron chi connectivity index (χ4n) is 2.43. The van der Waals surface area contributed by atoms with Gasteiger partial charge in [0.05, 0.1) is 16.7 Å². The van der Waals surface area contributed by atoms with Crippen molar-refractivity contribution >= 4 is 28.6 Å². The molecule has 0 saturated heterocycles. The van der Waals surface area contributed by atoms with Crippen LogP contribution in [-0.2, 0) is 0 Å². The Bertz CT molecular complexity index is 777. The van der Waals surface area contributed by atoms with Crippen LogP contribution in [0, 0.1) is 6.92 Å². The minimum absolute atomic E-state index is 0.0886. The molecule has 5 nitrogen and oxygen atoms in total. The van der Waals surface area contributed by atoms with Crippen LogP contribution >= 0.6 is 0 Å². The fraction of sp³-hybridized carbons (Fsp3) is 0.0714. The van der Waals surface area contributed by atoms with E-state index in [1.807, 2.05) is 0 Å². The average Bonchev–Trinajstić information content (AvgIpc) is 2.65. The highest BCUT2D eigenvalue weighted by Crippen LogP contribution is 2.29. The van der Waals surface area contributed by atoms with E-state index in [1.165, 1.54) is 12.1 Å². The highest BCUT2D eigenvalue weighted by molar-refractivity contribution is 6.27. The topological polar surface area (TPSA) is 83.5 Å². The van der Waals surface area contributed by atoms with Gasteiger partial charge in [0.25, 0.3) is 11.8 Å². The van der Waals surface area contributed by atoms with Crippen molar-refractivity contribution in [2.45, 2.75) is 6.92 Å². The van der Waals surface area contributed by atoms with E-state index in [1.54, 1.807) is 19.1 Å². The van der Waals surface area contributed by atoms with Gasteiger partial charge in [0.1, 0.15) is 0 Å². The maximum atomic E-state index is 11.8. The Morgan fingerprint density at radius 2 is 1.79 bits per heavy atom. The third-order valence-corrected chi connectivity index (χ3v) is 3.27. The predicted molar refractivity (Wildman–Crippen MR) is 67.4 cm³/mol. The SMILES string of the molecule is Cc1cc2ccc(C(=O)O)cc2c2c1C(=O)NC2=O. The number of hydrogen-bond donors (Lipinski definition) is 2. The van der Waals surface area contributed by atoms with E-state index >= 15 is 0 Å². The van der Waals surface area contributed by atoms with Crippen molar-refractivity contribution < 1.29 is 19.5 Å². The minimum atomic E-state index is -1.07. The number of benzene rings is 2. The molecule has 2 aromatic rings. The molecule has 0 spiro atoms. The summed E-state index contributed by atoms with van der Waals surface area (Å²) in [4.78, 5) is 34.5. The lowest BCUT2D eigenvalue weighted by Gasteiger charge is -2.06. The van der Waals surface area contributed by atoms with Crippen molar-refractivity contribution in [1.29, 1.82) is 0 Å². The van der Waals surface area contributed by atoms with Crippen molar-refractivity contribution in [2.75, 3.05) is 0 Å². The van der Waals surface area contributed by atoms with Crippen molar-refractivity contribution in [2.24, 2.45) is 0 Å². The number of carbonyl (C=O) groups is 3. The maximum Gasteiger partial charge on any atom is 0.335 e. The first-order chi connectivity index (χ1) is 8.99. The van der Waals surface area contributed by atoms with Gasteiger partial charge in [-0.05, 0) is 35.4 Å². The molecule has 0 fully saturated rings. The smallest absolute Gasteiger partial charge is 0.335 e. The van der Waals surface area contributed by atoms with Gasteiger partial charge < -0.3 is 5.11 Å². The molecule has 19 heavy (non-hydrogen) atoms. The van der Waals surface area contributed by atoms with Crippen LogP contribution < -0.4 is 5.32 Å². The largest absolute Gasteiger partial charge is 0.478 e. The van der Waals surface area contributed by atoms with Crippen molar-refractivity contribution in [3.8, 4) is 0 Å². The first-order valence-electron chi connectivity index (χ1n) is 5.65. The first-order valence-corrected chi connectivity index (χ1v) is 5.65. The number of imide groups is 1. The molecule has 0 radical (unpaired) electrons. The number of carbonyl (C=O) groups excluding carboxylic acids is 2. The molecule has 3 rings (SSSR count). The second-order valence-electron chi connectivity index (χ2n) is 4.47. The molecule has 2 amide bonds. The van der Waals surface area contributed by atoms with E-state index < -0.39 is 17.8 Å². The summed E-state index contributed by atoms with van der Waals surface area (Å²) in [7, 11) is 0. The summed E-state index contributed by atoms with van der Waals surface area (Å²) in [6, 6.07) is 6.32. The van der Waals surface area contributed by atoms with Gasteiger partial charge in [0.15, 0.2) is 0 Å². The van der Waals surface area contributed by atoms with Crippen LogP contribution in [0.1, 0.15) is 36.6 Å². The van der Waals surface area contributed by atoms with E-state index in [0.717, 1.165) is 5.39 Å². The lowest BCUT2D eigenvalue weighted by Crippen LogP contribution is -2.20. The Hall–Kier alpha value is -2.69. The molecule has 0 saturated carbocycles. The number of aromatic carboxylic acids is 1. The molecule has 1 aliphatic heterocycles. The Morgan fingerprint density at radius 3 is 2.47 bits per heavy atom. The number of aryl methyl sites for hydroxylation is 1. The zero-order valence-electron chi connectivity index (χ0n) is 9.98. The Labute approximate surface area is 107 Å². The molecular weight excluding hydrogens is 246 g/mol.